The Kier molecular flexibility index (Phi) is 2.72. The van der Waals surface area contributed by atoms with Crippen LogP contribution in [0.1, 0.15) is 12.7 Å². The van der Waals surface area contributed by atoms with Gasteiger partial charge in [-0.1, -0.05) is 6.92 Å². The van der Waals surface area contributed by atoms with Crippen molar-refractivity contribution < 1.29 is 0 Å². The molecule has 0 bridgehead atoms. The maximum atomic E-state index is 5.64. The molecule has 0 spiro atoms. The van der Waals surface area contributed by atoms with Crippen LogP contribution < -0.4 is 11.1 Å². The molecule has 0 amide bonds. The minimum Gasteiger partial charge on any atom is -0.373 e. The lowest BCUT2D eigenvalue weighted by Crippen LogP contribution is -2.07. The number of imidazole rings is 1. The fourth-order valence-corrected chi connectivity index (χ4v) is 1.51. The first kappa shape index (κ1) is 10.4. The van der Waals surface area contributed by atoms with Crippen molar-refractivity contribution in [3.05, 3.63) is 24.3 Å². The summed E-state index contributed by atoms with van der Waals surface area (Å²) in [5.41, 5.74) is 5.64. The molecule has 0 aliphatic rings. The second-order valence-electron chi connectivity index (χ2n) is 3.29. The number of nitrogen functional groups attached to an aromatic ring is 1. The van der Waals surface area contributed by atoms with E-state index in [1.807, 2.05) is 23.8 Å². The Morgan fingerprint density at radius 3 is 2.94 bits per heavy atom. The Morgan fingerprint density at radius 1 is 1.44 bits per heavy atom. The predicted molar refractivity (Wildman–Crippen MR) is 62.5 cm³/mol. The molecule has 0 saturated carbocycles. The first-order valence-corrected chi connectivity index (χ1v) is 5.09. The summed E-state index contributed by atoms with van der Waals surface area (Å²) in [7, 11) is 1.79. The SMILES string of the molecule is CCc1nccn1-c1cc(NC)nc(N)n1. The predicted octanol–water partition coefficient (Wildman–Crippen LogP) is 0.849. The Labute approximate surface area is 93.6 Å². The lowest BCUT2D eigenvalue weighted by molar-refractivity contribution is 0.864. The Morgan fingerprint density at radius 2 is 2.25 bits per heavy atom. The summed E-state index contributed by atoms with van der Waals surface area (Å²) in [6.07, 6.45) is 4.45. The van der Waals surface area contributed by atoms with E-state index in [4.69, 9.17) is 5.73 Å². The van der Waals surface area contributed by atoms with Crippen LogP contribution >= 0.6 is 0 Å². The van der Waals surface area contributed by atoms with Gasteiger partial charge in [0.1, 0.15) is 17.5 Å². The summed E-state index contributed by atoms with van der Waals surface area (Å²) < 4.78 is 1.90. The van der Waals surface area contributed by atoms with E-state index in [1.165, 1.54) is 0 Å². The van der Waals surface area contributed by atoms with Crippen LogP contribution in [0.25, 0.3) is 5.82 Å². The summed E-state index contributed by atoms with van der Waals surface area (Å²) in [6, 6.07) is 1.83. The molecule has 0 aliphatic carbocycles. The van der Waals surface area contributed by atoms with Gasteiger partial charge in [0, 0.05) is 31.9 Å². The molecule has 0 aliphatic heterocycles. The van der Waals surface area contributed by atoms with Gasteiger partial charge >= 0.3 is 0 Å². The van der Waals surface area contributed by atoms with E-state index in [9.17, 15) is 0 Å². The van der Waals surface area contributed by atoms with Crippen molar-refractivity contribution >= 4 is 11.8 Å². The Bertz CT molecular complexity index is 490. The molecule has 6 heteroatoms. The van der Waals surface area contributed by atoms with Gasteiger partial charge in [-0.25, -0.2) is 4.98 Å². The highest BCUT2D eigenvalue weighted by atomic mass is 15.2. The summed E-state index contributed by atoms with van der Waals surface area (Å²) in [5, 5.41) is 2.94. The molecular weight excluding hydrogens is 204 g/mol. The molecule has 0 aromatic carbocycles. The Balaban J connectivity index is 2.51. The molecule has 84 valence electrons. The lowest BCUT2D eigenvalue weighted by Gasteiger charge is -2.08. The van der Waals surface area contributed by atoms with Crippen LogP contribution in [0.15, 0.2) is 18.5 Å². The van der Waals surface area contributed by atoms with Crippen molar-refractivity contribution in [1.82, 2.24) is 19.5 Å². The van der Waals surface area contributed by atoms with Gasteiger partial charge in [-0.05, 0) is 0 Å². The van der Waals surface area contributed by atoms with Gasteiger partial charge in [0.05, 0.1) is 0 Å². The van der Waals surface area contributed by atoms with Crippen LogP contribution in [0, 0.1) is 0 Å². The van der Waals surface area contributed by atoms with Crippen molar-refractivity contribution in [1.29, 1.82) is 0 Å². The average molecular weight is 218 g/mol. The molecule has 0 fully saturated rings. The molecule has 2 aromatic heterocycles. The first-order valence-electron chi connectivity index (χ1n) is 5.09. The fourth-order valence-electron chi connectivity index (χ4n) is 1.51. The number of hydrogen-bond donors (Lipinski definition) is 2. The summed E-state index contributed by atoms with van der Waals surface area (Å²) >= 11 is 0. The smallest absolute Gasteiger partial charge is 0.223 e. The van der Waals surface area contributed by atoms with Gasteiger partial charge < -0.3 is 11.1 Å². The molecule has 6 nitrogen and oxygen atoms in total. The minimum absolute atomic E-state index is 0.248. The molecule has 0 unspecified atom stereocenters. The first-order chi connectivity index (χ1) is 7.74. The zero-order valence-corrected chi connectivity index (χ0v) is 9.31. The minimum atomic E-state index is 0.248. The monoisotopic (exact) mass is 218 g/mol. The normalized spacial score (nSPS) is 10.4. The van der Waals surface area contributed by atoms with E-state index in [0.29, 0.717) is 5.82 Å². The number of nitrogens with two attached hydrogens (primary N) is 1. The quantitative estimate of drug-likeness (QED) is 0.798. The van der Waals surface area contributed by atoms with Crippen LogP contribution in [-0.2, 0) is 6.42 Å². The van der Waals surface area contributed by atoms with Crippen molar-refractivity contribution in [2.24, 2.45) is 0 Å². The number of nitrogens with one attached hydrogen (secondary N) is 1. The van der Waals surface area contributed by atoms with E-state index in [2.05, 4.69) is 20.3 Å². The summed E-state index contributed by atoms with van der Waals surface area (Å²) in [4.78, 5) is 12.5. The third-order valence-corrected chi connectivity index (χ3v) is 2.27. The molecule has 16 heavy (non-hydrogen) atoms. The second-order valence-corrected chi connectivity index (χ2v) is 3.29. The zero-order valence-electron chi connectivity index (χ0n) is 9.31. The van der Waals surface area contributed by atoms with Crippen LogP contribution in [-0.4, -0.2) is 26.6 Å². The number of aromatic nitrogens is 4. The topological polar surface area (TPSA) is 81.7 Å². The number of rotatable bonds is 3. The van der Waals surface area contributed by atoms with E-state index in [-0.39, 0.29) is 5.95 Å². The van der Waals surface area contributed by atoms with Crippen LogP contribution in [0.3, 0.4) is 0 Å². The van der Waals surface area contributed by atoms with Crippen molar-refractivity contribution in [2.45, 2.75) is 13.3 Å². The second kappa shape index (κ2) is 4.18. The molecular formula is C10H14N6. The van der Waals surface area contributed by atoms with E-state index in [0.717, 1.165) is 18.1 Å². The molecule has 0 saturated heterocycles. The summed E-state index contributed by atoms with van der Waals surface area (Å²) in [6.45, 7) is 2.04. The average Bonchev–Trinajstić information content (AvgIpc) is 2.76. The maximum Gasteiger partial charge on any atom is 0.223 e. The van der Waals surface area contributed by atoms with Crippen molar-refractivity contribution in [3.63, 3.8) is 0 Å². The fraction of sp³-hybridized carbons (Fsp3) is 0.300. The highest BCUT2D eigenvalue weighted by Gasteiger charge is 2.06. The van der Waals surface area contributed by atoms with E-state index >= 15 is 0 Å². The van der Waals surface area contributed by atoms with Crippen LogP contribution in [0.5, 0.6) is 0 Å². The Hall–Kier alpha value is -2.11. The van der Waals surface area contributed by atoms with Gasteiger partial charge in [-0.2, -0.15) is 9.97 Å². The zero-order chi connectivity index (χ0) is 11.5. The molecule has 0 atom stereocenters. The van der Waals surface area contributed by atoms with Gasteiger partial charge in [0.25, 0.3) is 0 Å². The van der Waals surface area contributed by atoms with Gasteiger partial charge in [0.2, 0.25) is 5.95 Å². The molecule has 2 rings (SSSR count). The van der Waals surface area contributed by atoms with E-state index in [1.54, 1.807) is 13.2 Å². The van der Waals surface area contributed by atoms with Crippen LogP contribution in [0.4, 0.5) is 11.8 Å². The number of nitrogens with zero attached hydrogens (tertiary/aromatic N) is 4. The van der Waals surface area contributed by atoms with Gasteiger partial charge in [0.15, 0.2) is 0 Å². The number of aryl methyl sites for hydroxylation is 1. The highest BCUT2D eigenvalue weighted by Crippen LogP contribution is 2.13. The standard InChI is InChI=1S/C10H14N6/c1-3-8-13-4-5-16(8)9-6-7(12-2)14-10(11)15-9/h4-6H,3H2,1-2H3,(H3,11,12,14,15). The summed E-state index contributed by atoms with van der Waals surface area (Å²) in [5.74, 6) is 2.61. The number of hydrogen-bond acceptors (Lipinski definition) is 5. The third kappa shape index (κ3) is 1.81. The molecule has 2 aromatic rings. The van der Waals surface area contributed by atoms with Gasteiger partial charge in [-0.15, -0.1) is 0 Å². The highest BCUT2D eigenvalue weighted by molar-refractivity contribution is 5.45. The van der Waals surface area contributed by atoms with Gasteiger partial charge in [-0.3, -0.25) is 4.57 Å². The van der Waals surface area contributed by atoms with E-state index < -0.39 is 0 Å². The van der Waals surface area contributed by atoms with Crippen LogP contribution in [0.2, 0.25) is 0 Å². The lowest BCUT2D eigenvalue weighted by atomic mass is 10.4. The maximum absolute atomic E-state index is 5.64. The number of anilines is 2. The molecule has 2 heterocycles. The molecule has 0 radical (unpaired) electrons. The van der Waals surface area contributed by atoms with Crippen molar-refractivity contribution in [2.75, 3.05) is 18.1 Å². The third-order valence-electron chi connectivity index (χ3n) is 2.27. The van der Waals surface area contributed by atoms with Crippen molar-refractivity contribution in [3.8, 4) is 5.82 Å². The molecule has 3 N–H and O–H groups in total. The largest absolute Gasteiger partial charge is 0.373 e.